The van der Waals surface area contributed by atoms with Crippen molar-refractivity contribution >= 4 is 39.2 Å². The molecule has 3 rings (SSSR count). The van der Waals surface area contributed by atoms with Crippen molar-refractivity contribution in [3.63, 3.8) is 0 Å². The number of fused-ring (bicyclic) bond motifs is 1. The van der Waals surface area contributed by atoms with E-state index in [0.717, 1.165) is 21.7 Å². The molecule has 2 aromatic heterocycles. The van der Waals surface area contributed by atoms with Gasteiger partial charge in [-0.15, -0.1) is 11.3 Å². The maximum Gasteiger partial charge on any atom is 0.262 e. The topological polar surface area (TPSA) is 64.4 Å². The van der Waals surface area contributed by atoms with Crippen molar-refractivity contribution < 1.29 is 9.53 Å². The molecule has 0 saturated carbocycles. The summed E-state index contributed by atoms with van der Waals surface area (Å²) in [5.41, 5.74) is 0.957. The number of thiophene rings is 1. The number of carbonyl (C=O) groups is 1. The first-order valence-electron chi connectivity index (χ1n) is 8.41. The number of rotatable bonds is 4. The smallest absolute Gasteiger partial charge is 0.262 e. The van der Waals surface area contributed by atoms with Gasteiger partial charge in [-0.1, -0.05) is 18.7 Å². The lowest BCUT2D eigenvalue weighted by Gasteiger charge is -2.32. The van der Waals surface area contributed by atoms with Gasteiger partial charge in [0.25, 0.3) is 5.56 Å². The predicted molar refractivity (Wildman–Crippen MR) is 102 cm³/mol. The fourth-order valence-corrected chi connectivity index (χ4v) is 4.84. The quantitative estimate of drug-likeness (QED) is 0.601. The summed E-state index contributed by atoms with van der Waals surface area (Å²) in [6.07, 6.45) is 1.03. The SMILES string of the molecule is CCC1CN(C(=O)CSc2nc3sc(C)c(C)c3c(=O)n2C)CCO1. The second-order valence-corrected chi connectivity index (χ2v) is 8.40. The van der Waals surface area contributed by atoms with Crippen molar-refractivity contribution in [2.24, 2.45) is 7.05 Å². The fourth-order valence-electron chi connectivity index (χ4n) is 2.90. The van der Waals surface area contributed by atoms with Crippen LogP contribution in [0.2, 0.25) is 0 Å². The van der Waals surface area contributed by atoms with Crippen LogP contribution in [0.25, 0.3) is 10.2 Å². The van der Waals surface area contributed by atoms with Crippen LogP contribution in [0.3, 0.4) is 0 Å². The van der Waals surface area contributed by atoms with Gasteiger partial charge in [0.1, 0.15) is 4.83 Å². The molecule has 0 aromatic carbocycles. The third kappa shape index (κ3) is 3.61. The van der Waals surface area contributed by atoms with Crippen LogP contribution in [0.1, 0.15) is 23.8 Å². The monoisotopic (exact) mass is 381 g/mol. The van der Waals surface area contributed by atoms with E-state index in [-0.39, 0.29) is 23.3 Å². The van der Waals surface area contributed by atoms with E-state index in [1.54, 1.807) is 11.6 Å². The molecule has 1 amide bonds. The number of amides is 1. The first-order chi connectivity index (χ1) is 11.9. The van der Waals surface area contributed by atoms with Gasteiger partial charge in [0.15, 0.2) is 5.16 Å². The predicted octanol–water partition coefficient (Wildman–Crippen LogP) is 2.34. The van der Waals surface area contributed by atoms with Crippen molar-refractivity contribution in [1.29, 1.82) is 0 Å². The molecule has 1 aliphatic rings. The Kier molecular flexibility index (Phi) is 5.50. The molecule has 25 heavy (non-hydrogen) atoms. The summed E-state index contributed by atoms with van der Waals surface area (Å²) >= 11 is 2.86. The molecule has 0 bridgehead atoms. The third-order valence-corrected chi connectivity index (χ3v) is 6.76. The van der Waals surface area contributed by atoms with Crippen LogP contribution < -0.4 is 5.56 Å². The molecule has 2 aromatic rings. The van der Waals surface area contributed by atoms with Gasteiger partial charge in [-0.25, -0.2) is 4.98 Å². The minimum atomic E-state index is -0.0424. The number of thioether (sulfide) groups is 1. The lowest BCUT2D eigenvalue weighted by molar-refractivity contribution is -0.135. The molecule has 1 unspecified atom stereocenters. The molecular weight excluding hydrogens is 358 g/mol. The highest BCUT2D eigenvalue weighted by Gasteiger charge is 2.23. The van der Waals surface area contributed by atoms with Crippen molar-refractivity contribution in [3.8, 4) is 0 Å². The summed E-state index contributed by atoms with van der Waals surface area (Å²) in [6, 6.07) is 0. The highest BCUT2D eigenvalue weighted by molar-refractivity contribution is 7.99. The molecular formula is C17H23N3O3S2. The standard InChI is InChI=1S/C17H23N3O3S2/c1-5-12-8-20(6-7-23-12)13(21)9-24-17-18-15-14(16(22)19(17)4)10(2)11(3)25-15/h12H,5-9H2,1-4H3. The molecule has 0 aliphatic carbocycles. The Morgan fingerprint density at radius 1 is 1.44 bits per heavy atom. The maximum absolute atomic E-state index is 12.6. The molecule has 0 spiro atoms. The van der Waals surface area contributed by atoms with E-state index < -0.39 is 0 Å². The lowest BCUT2D eigenvalue weighted by Crippen LogP contribution is -2.46. The highest BCUT2D eigenvalue weighted by Crippen LogP contribution is 2.28. The van der Waals surface area contributed by atoms with Gasteiger partial charge in [0.2, 0.25) is 5.91 Å². The zero-order valence-corrected chi connectivity index (χ0v) is 16.6. The Morgan fingerprint density at radius 3 is 2.92 bits per heavy atom. The number of ether oxygens (including phenoxy) is 1. The molecule has 1 atom stereocenters. The minimum Gasteiger partial charge on any atom is -0.375 e. The van der Waals surface area contributed by atoms with Crippen LogP contribution in [0.15, 0.2) is 9.95 Å². The molecule has 6 nitrogen and oxygen atoms in total. The van der Waals surface area contributed by atoms with Gasteiger partial charge < -0.3 is 9.64 Å². The van der Waals surface area contributed by atoms with Gasteiger partial charge in [0, 0.05) is 25.0 Å². The average molecular weight is 382 g/mol. The maximum atomic E-state index is 12.6. The van der Waals surface area contributed by atoms with Crippen molar-refractivity contribution in [2.45, 2.75) is 38.5 Å². The van der Waals surface area contributed by atoms with Crippen LogP contribution in [0, 0.1) is 13.8 Å². The van der Waals surface area contributed by atoms with Crippen LogP contribution in [0.5, 0.6) is 0 Å². The molecule has 0 N–H and O–H groups in total. The number of carbonyl (C=O) groups excluding carboxylic acids is 1. The van der Waals surface area contributed by atoms with Gasteiger partial charge in [-0.2, -0.15) is 0 Å². The molecule has 136 valence electrons. The first kappa shape index (κ1) is 18.4. The summed E-state index contributed by atoms with van der Waals surface area (Å²) in [5, 5.41) is 1.28. The van der Waals surface area contributed by atoms with E-state index in [1.807, 2.05) is 18.7 Å². The Morgan fingerprint density at radius 2 is 2.20 bits per heavy atom. The van der Waals surface area contributed by atoms with Crippen LogP contribution >= 0.6 is 23.1 Å². The van der Waals surface area contributed by atoms with E-state index in [4.69, 9.17) is 4.74 Å². The number of nitrogens with zero attached hydrogens (tertiary/aromatic N) is 3. The summed E-state index contributed by atoms with van der Waals surface area (Å²) in [6.45, 7) is 7.88. The largest absolute Gasteiger partial charge is 0.375 e. The second-order valence-electron chi connectivity index (χ2n) is 6.25. The Labute approximate surface area is 155 Å². The van der Waals surface area contributed by atoms with E-state index in [1.165, 1.54) is 23.1 Å². The average Bonchev–Trinajstić information content (AvgIpc) is 2.90. The highest BCUT2D eigenvalue weighted by atomic mass is 32.2. The van der Waals surface area contributed by atoms with Crippen LogP contribution in [-0.4, -0.2) is 51.9 Å². The second kappa shape index (κ2) is 7.47. The summed E-state index contributed by atoms with van der Waals surface area (Å²) < 4.78 is 7.16. The molecule has 1 saturated heterocycles. The molecule has 1 aliphatic heterocycles. The zero-order chi connectivity index (χ0) is 18.1. The van der Waals surface area contributed by atoms with E-state index in [9.17, 15) is 9.59 Å². The molecule has 1 fully saturated rings. The van der Waals surface area contributed by atoms with Crippen LogP contribution in [0.4, 0.5) is 0 Å². The van der Waals surface area contributed by atoms with E-state index in [0.29, 0.717) is 30.2 Å². The Balaban J connectivity index is 1.76. The van der Waals surface area contributed by atoms with Crippen molar-refractivity contribution in [3.05, 3.63) is 20.8 Å². The minimum absolute atomic E-state index is 0.0424. The van der Waals surface area contributed by atoms with E-state index in [2.05, 4.69) is 11.9 Å². The number of hydrogen-bond acceptors (Lipinski definition) is 6. The number of hydrogen-bond donors (Lipinski definition) is 0. The fraction of sp³-hybridized carbons (Fsp3) is 0.588. The van der Waals surface area contributed by atoms with Crippen LogP contribution in [-0.2, 0) is 16.6 Å². The Bertz CT molecular complexity index is 859. The van der Waals surface area contributed by atoms with Crippen molar-refractivity contribution in [1.82, 2.24) is 14.5 Å². The van der Waals surface area contributed by atoms with Crippen molar-refractivity contribution in [2.75, 3.05) is 25.4 Å². The van der Waals surface area contributed by atoms with Gasteiger partial charge in [-0.3, -0.25) is 14.2 Å². The molecule has 3 heterocycles. The Hall–Kier alpha value is -1.38. The normalized spacial score (nSPS) is 18.1. The van der Waals surface area contributed by atoms with E-state index >= 15 is 0 Å². The van der Waals surface area contributed by atoms with Gasteiger partial charge >= 0.3 is 0 Å². The number of morpholine rings is 1. The zero-order valence-electron chi connectivity index (χ0n) is 15.0. The lowest BCUT2D eigenvalue weighted by atomic mass is 10.2. The number of aromatic nitrogens is 2. The molecule has 0 radical (unpaired) electrons. The summed E-state index contributed by atoms with van der Waals surface area (Å²) in [4.78, 5) is 33.4. The molecule has 8 heteroatoms. The third-order valence-electron chi connectivity index (χ3n) is 4.64. The first-order valence-corrected chi connectivity index (χ1v) is 10.2. The number of aryl methyl sites for hydroxylation is 2. The van der Waals surface area contributed by atoms with Gasteiger partial charge in [-0.05, 0) is 25.8 Å². The summed E-state index contributed by atoms with van der Waals surface area (Å²) in [5.74, 6) is 0.352. The van der Waals surface area contributed by atoms with Gasteiger partial charge in [0.05, 0.1) is 23.8 Å². The summed E-state index contributed by atoms with van der Waals surface area (Å²) in [7, 11) is 1.72.